The summed E-state index contributed by atoms with van der Waals surface area (Å²) in [6.45, 7) is 16.4. The Kier molecular flexibility index (Phi) is 7.38. The minimum absolute atomic E-state index is 0.0619. The van der Waals surface area contributed by atoms with Gasteiger partial charge in [0.25, 0.3) is 0 Å². The molecule has 3 aliphatic heterocycles. The zero-order chi connectivity index (χ0) is 22.0. The van der Waals surface area contributed by atoms with Gasteiger partial charge in [-0.1, -0.05) is 60.6 Å². The van der Waals surface area contributed by atoms with E-state index in [9.17, 15) is 4.79 Å². The molecule has 29 heavy (non-hydrogen) atoms. The van der Waals surface area contributed by atoms with Crippen LogP contribution in [0.4, 0.5) is 0 Å². The lowest BCUT2D eigenvalue weighted by Crippen LogP contribution is -2.62. The number of carboxylic acid groups (broad SMARTS) is 1. The Balaban J connectivity index is 0.000000221. The van der Waals surface area contributed by atoms with E-state index in [2.05, 4.69) is 48.5 Å². The summed E-state index contributed by atoms with van der Waals surface area (Å²) in [5, 5.41) is 17.3. The molecule has 2 N–H and O–H groups in total. The number of aliphatic carboxylic acids is 1. The predicted octanol–water partition coefficient (Wildman–Crippen LogP) is 5.54. The third-order valence-corrected chi connectivity index (χ3v) is 6.30. The zero-order valence-electron chi connectivity index (χ0n) is 18.6. The van der Waals surface area contributed by atoms with E-state index in [0.717, 1.165) is 12.2 Å². The first-order valence-electron chi connectivity index (χ1n) is 10.00. The number of rotatable bonds is 3. The highest BCUT2D eigenvalue weighted by molar-refractivity contribution is 7.41. The van der Waals surface area contributed by atoms with E-state index in [4.69, 9.17) is 23.8 Å². The van der Waals surface area contributed by atoms with Crippen LogP contribution in [0.5, 0.6) is 5.75 Å². The van der Waals surface area contributed by atoms with Crippen LogP contribution >= 0.6 is 8.60 Å². The van der Waals surface area contributed by atoms with Crippen molar-refractivity contribution < 1.29 is 28.6 Å². The molecular formula is C22H35O6P. The van der Waals surface area contributed by atoms with Crippen LogP contribution < -0.4 is 0 Å². The normalized spacial score (nSPS) is 29.1. The predicted molar refractivity (Wildman–Crippen MR) is 114 cm³/mol. The van der Waals surface area contributed by atoms with E-state index in [-0.39, 0.29) is 40.6 Å². The monoisotopic (exact) mass is 426 g/mol. The number of hydrogen-bond acceptors (Lipinski definition) is 5. The number of aromatic hydroxyl groups is 1. The molecule has 6 nitrogen and oxygen atoms in total. The first-order chi connectivity index (χ1) is 13.2. The highest BCUT2D eigenvalue weighted by Gasteiger charge is 2.61. The summed E-state index contributed by atoms with van der Waals surface area (Å²) in [6, 6.07) is 6.55. The maximum absolute atomic E-state index is 10.2. The van der Waals surface area contributed by atoms with Gasteiger partial charge in [-0.05, 0) is 34.9 Å². The second-order valence-electron chi connectivity index (χ2n) is 10.3. The van der Waals surface area contributed by atoms with Gasteiger partial charge in [0.15, 0.2) is 0 Å². The van der Waals surface area contributed by atoms with Gasteiger partial charge in [0.2, 0.25) is 0 Å². The molecule has 3 aliphatic rings. The van der Waals surface area contributed by atoms with Crippen molar-refractivity contribution in [3.63, 3.8) is 0 Å². The van der Waals surface area contributed by atoms with E-state index >= 15 is 0 Å². The van der Waals surface area contributed by atoms with Crippen LogP contribution in [-0.4, -0.2) is 35.0 Å². The lowest BCUT2D eigenvalue weighted by molar-refractivity contribution is -0.208. The molecule has 3 fully saturated rings. The van der Waals surface area contributed by atoms with Gasteiger partial charge < -0.3 is 23.8 Å². The minimum atomic E-state index is -1.14. The van der Waals surface area contributed by atoms with Gasteiger partial charge >= 0.3 is 14.6 Å². The number of carbonyl (C=O) groups is 1. The molecule has 2 bridgehead atoms. The molecule has 4 rings (SSSR count). The summed E-state index contributed by atoms with van der Waals surface area (Å²) >= 11 is 0. The SMILES string of the molecule is CC(C)(C)C1OP2OCC1(C)C(C(C)(C)C)O2.O=C(O)CCc1ccc(O)cc1. The molecule has 164 valence electrons. The van der Waals surface area contributed by atoms with Gasteiger partial charge in [-0.15, -0.1) is 0 Å². The van der Waals surface area contributed by atoms with Crippen molar-refractivity contribution in [1.82, 2.24) is 0 Å². The molecule has 3 heterocycles. The summed E-state index contributed by atoms with van der Waals surface area (Å²) in [5.41, 5.74) is 1.10. The fourth-order valence-electron chi connectivity index (χ4n) is 4.19. The van der Waals surface area contributed by atoms with E-state index in [0.29, 0.717) is 6.42 Å². The Morgan fingerprint density at radius 1 is 1.07 bits per heavy atom. The lowest BCUT2D eigenvalue weighted by Gasteiger charge is -2.59. The van der Waals surface area contributed by atoms with Gasteiger partial charge in [0.1, 0.15) is 5.75 Å². The largest absolute Gasteiger partial charge is 0.508 e. The highest BCUT2D eigenvalue weighted by atomic mass is 31.2. The van der Waals surface area contributed by atoms with E-state index in [1.165, 1.54) is 0 Å². The fourth-order valence-corrected chi connectivity index (χ4v) is 6.20. The molecule has 2 unspecified atom stereocenters. The summed E-state index contributed by atoms with van der Waals surface area (Å²) in [4.78, 5) is 10.2. The fraction of sp³-hybridized carbons (Fsp3) is 0.682. The zero-order valence-corrected chi connectivity index (χ0v) is 19.5. The minimum Gasteiger partial charge on any atom is -0.508 e. The topological polar surface area (TPSA) is 85.2 Å². The molecule has 2 atom stereocenters. The molecule has 0 radical (unpaired) electrons. The van der Waals surface area contributed by atoms with Gasteiger partial charge in [-0.3, -0.25) is 4.79 Å². The number of aryl methyl sites for hydroxylation is 1. The Bertz CT molecular complexity index is 665. The number of phenols is 1. The molecule has 3 saturated heterocycles. The van der Waals surface area contributed by atoms with Crippen molar-refractivity contribution in [3.8, 4) is 5.75 Å². The van der Waals surface area contributed by atoms with Gasteiger partial charge in [-0.25, -0.2) is 0 Å². The third kappa shape index (κ3) is 6.14. The maximum Gasteiger partial charge on any atom is 0.333 e. The molecule has 1 aromatic carbocycles. The van der Waals surface area contributed by atoms with Crippen molar-refractivity contribution in [1.29, 1.82) is 0 Å². The number of benzene rings is 1. The highest BCUT2D eigenvalue weighted by Crippen LogP contribution is 2.65. The first-order valence-corrected chi connectivity index (χ1v) is 11.1. The van der Waals surface area contributed by atoms with Crippen LogP contribution in [0.25, 0.3) is 0 Å². The molecular weight excluding hydrogens is 391 g/mol. The number of fused-ring (bicyclic) bond motifs is 3. The van der Waals surface area contributed by atoms with Crippen molar-refractivity contribution in [2.45, 2.75) is 73.5 Å². The number of hydrogen-bond donors (Lipinski definition) is 2. The molecule has 0 saturated carbocycles. The Morgan fingerprint density at radius 3 is 1.97 bits per heavy atom. The van der Waals surface area contributed by atoms with E-state index in [1.54, 1.807) is 24.3 Å². The number of carboxylic acids is 1. The summed E-state index contributed by atoms with van der Waals surface area (Å²) < 4.78 is 17.6. The first kappa shape index (κ1) is 24.1. The Morgan fingerprint density at radius 2 is 1.55 bits per heavy atom. The smallest absolute Gasteiger partial charge is 0.333 e. The van der Waals surface area contributed by atoms with Crippen molar-refractivity contribution in [3.05, 3.63) is 29.8 Å². The lowest BCUT2D eigenvalue weighted by atomic mass is 9.63. The van der Waals surface area contributed by atoms with Crippen LogP contribution in [0.15, 0.2) is 24.3 Å². The maximum atomic E-state index is 10.2. The molecule has 1 aromatic rings. The molecule has 0 aliphatic carbocycles. The van der Waals surface area contributed by atoms with Crippen LogP contribution in [0.3, 0.4) is 0 Å². The Labute approximate surface area is 175 Å². The second kappa shape index (κ2) is 8.89. The average Bonchev–Trinajstić information content (AvgIpc) is 2.59. The Hall–Kier alpha value is -1.20. The van der Waals surface area contributed by atoms with E-state index < -0.39 is 14.6 Å². The van der Waals surface area contributed by atoms with Crippen molar-refractivity contribution >= 4 is 14.6 Å². The van der Waals surface area contributed by atoms with Crippen molar-refractivity contribution in [2.24, 2.45) is 16.2 Å². The van der Waals surface area contributed by atoms with Crippen molar-refractivity contribution in [2.75, 3.05) is 6.61 Å². The van der Waals surface area contributed by atoms with Gasteiger partial charge in [0.05, 0.1) is 18.8 Å². The van der Waals surface area contributed by atoms with Crippen LogP contribution in [0, 0.1) is 16.2 Å². The number of phenolic OH excluding ortho intramolecular Hbond substituents is 1. The second-order valence-corrected chi connectivity index (χ2v) is 11.4. The molecule has 0 amide bonds. The average molecular weight is 426 g/mol. The third-order valence-electron chi connectivity index (χ3n) is 5.20. The molecule has 0 aromatic heterocycles. The van der Waals surface area contributed by atoms with E-state index in [1.807, 2.05) is 0 Å². The molecule has 0 spiro atoms. The van der Waals surface area contributed by atoms with Gasteiger partial charge in [0, 0.05) is 11.8 Å². The van der Waals surface area contributed by atoms with Crippen LogP contribution in [0.2, 0.25) is 0 Å². The summed E-state index contributed by atoms with van der Waals surface area (Å²) in [7, 11) is -1.14. The van der Waals surface area contributed by atoms with Crippen LogP contribution in [0.1, 0.15) is 60.5 Å². The quantitative estimate of drug-likeness (QED) is 0.618. The standard InChI is InChI=1S/C13H25O3P.C9H10O3/c1-11(2,3)9-13(7)8-14-17(15-9)16-10(13)12(4,5)6;10-8-4-1-7(2-5-8)3-6-9(11)12/h9-10H,8H2,1-7H3;1-2,4-5,10H,3,6H2,(H,11,12). The molecule has 7 heteroatoms. The van der Waals surface area contributed by atoms with Crippen LogP contribution in [-0.2, 0) is 24.8 Å². The summed E-state index contributed by atoms with van der Waals surface area (Å²) in [6.07, 6.45) is 1.04. The summed E-state index contributed by atoms with van der Waals surface area (Å²) in [5.74, 6) is -0.600. The van der Waals surface area contributed by atoms with Gasteiger partial charge in [-0.2, -0.15) is 0 Å².